The van der Waals surface area contributed by atoms with Crippen LogP contribution in [0.1, 0.15) is 25.8 Å². The highest BCUT2D eigenvalue weighted by atomic mass is 32.2. The van der Waals surface area contributed by atoms with E-state index in [1.807, 2.05) is 73.0 Å². The number of nitrogens with one attached hydrogen (secondary N) is 1. The maximum atomic E-state index is 12.5. The van der Waals surface area contributed by atoms with E-state index in [1.165, 1.54) is 11.8 Å². The molecule has 174 valence electrons. The molecule has 1 atom stereocenters. The number of thioether (sulfide) groups is 1. The van der Waals surface area contributed by atoms with Crippen LogP contribution < -0.4 is 15.0 Å². The summed E-state index contributed by atoms with van der Waals surface area (Å²) in [6.07, 6.45) is -0.256. The summed E-state index contributed by atoms with van der Waals surface area (Å²) in [5, 5.41) is 12.3. The predicted octanol–water partition coefficient (Wildman–Crippen LogP) is 4.01. The van der Waals surface area contributed by atoms with Crippen molar-refractivity contribution < 1.29 is 14.3 Å². The van der Waals surface area contributed by atoms with Crippen LogP contribution in [0.5, 0.6) is 5.75 Å². The second-order valence-corrected chi connectivity index (χ2v) is 8.58. The van der Waals surface area contributed by atoms with Crippen molar-refractivity contribution in [3.05, 3.63) is 60.4 Å². The molecule has 2 heterocycles. The van der Waals surface area contributed by atoms with E-state index in [9.17, 15) is 4.79 Å². The minimum atomic E-state index is -0.256. The quantitative estimate of drug-likeness (QED) is 0.476. The second-order valence-electron chi connectivity index (χ2n) is 7.64. The molecular weight excluding hydrogens is 438 g/mol. The molecule has 1 aliphatic heterocycles. The molecule has 2 aromatic carbocycles. The summed E-state index contributed by atoms with van der Waals surface area (Å²) in [6, 6.07) is 17.6. The van der Waals surface area contributed by atoms with Crippen LogP contribution in [-0.2, 0) is 16.1 Å². The highest BCUT2D eigenvalue weighted by Crippen LogP contribution is 2.25. The number of hydrogen-bond acceptors (Lipinski definition) is 7. The third-order valence-corrected chi connectivity index (χ3v) is 6.31. The van der Waals surface area contributed by atoms with Crippen LogP contribution in [-0.4, -0.2) is 52.7 Å². The number of carbonyl (C=O) groups is 1. The van der Waals surface area contributed by atoms with Crippen LogP contribution in [0.3, 0.4) is 0 Å². The summed E-state index contributed by atoms with van der Waals surface area (Å²) in [5.74, 6) is 1.68. The van der Waals surface area contributed by atoms with E-state index in [2.05, 4.69) is 20.4 Å². The van der Waals surface area contributed by atoms with E-state index in [4.69, 9.17) is 9.47 Å². The lowest BCUT2D eigenvalue weighted by Gasteiger charge is -2.28. The van der Waals surface area contributed by atoms with Crippen molar-refractivity contribution in [1.82, 2.24) is 14.8 Å². The number of benzene rings is 2. The Morgan fingerprint density at radius 1 is 1.12 bits per heavy atom. The Labute approximate surface area is 198 Å². The Hall–Kier alpha value is -3.04. The minimum Gasteiger partial charge on any atom is -0.483 e. The summed E-state index contributed by atoms with van der Waals surface area (Å²) in [5.41, 5.74) is 1.92. The van der Waals surface area contributed by atoms with E-state index < -0.39 is 0 Å². The van der Waals surface area contributed by atoms with Gasteiger partial charge in [-0.2, -0.15) is 0 Å². The molecule has 1 N–H and O–H groups in total. The maximum absolute atomic E-state index is 12.5. The Morgan fingerprint density at radius 2 is 1.85 bits per heavy atom. The topological polar surface area (TPSA) is 81.5 Å². The minimum absolute atomic E-state index is 0.0834. The van der Waals surface area contributed by atoms with Crippen molar-refractivity contribution in [1.29, 1.82) is 0 Å². The van der Waals surface area contributed by atoms with E-state index in [0.717, 1.165) is 49.3 Å². The molecule has 4 rings (SSSR count). The smallest absolute Gasteiger partial charge is 0.234 e. The lowest BCUT2D eigenvalue weighted by molar-refractivity contribution is -0.113. The molecule has 0 bridgehead atoms. The zero-order valence-electron chi connectivity index (χ0n) is 18.9. The van der Waals surface area contributed by atoms with E-state index >= 15 is 0 Å². The fourth-order valence-corrected chi connectivity index (χ4v) is 4.47. The van der Waals surface area contributed by atoms with Gasteiger partial charge in [0.1, 0.15) is 5.75 Å². The number of morpholine rings is 1. The lowest BCUT2D eigenvalue weighted by Crippen LogP contribution is -2.36. The molecule has 8 nitrogen and oxygen atoms in total. The standard InChI is InChI=1S/C24H29N5O3S/c1-3-29-23(18(2)32-21-7-5-4-6-8-21)26-27-24(29)33-17-22(30)25-19-9-11-20(12-10-19)28-13-15-31-16-14-28/h4-12,18H,3,13-17H2,1-2H3,(H,25,30). The molecule has 1 saturated heterocycles. The molecule has 3 aromatic rings. The summed E-state index contributed by atoms with van der Waals surface area (Å²) < 4.78 is 13.4. The van der Waals surface area contributed by atoms with Crippen molar-refractivity contribution in [2.24, 2.45) is 0 Å². The van der Waals surface area contributed by atoms with Crippen LogP contribution in [0.25, 0.3) is 0 Å². The summed E-state index contributed by atoms with van der Waals surface area (Å²) in [4.78, 5) is 14.8. The summed E-state index contributed by atoms with van der Waals surface area (Å²) >= 11 is 1.37. The molecule has 1 fully saturated rings. The van der Waals surface area contributed by atoms with Crippen molar-refractivity contribution in [3.8, 4) is 5.75 Å². The zero-order valence-corrected chi connectivity index (χ0v) is 19.8. The number of ether oxygens (including phenoxy) is 2. The fourth-order valence-electron chi connectivity index (χ4n) is 3.66. The Bertz CT molecular complexity index is 1040. The molecule has 0 aliphatic carbocycles. The summed E-state index contributed by atoms with van der Waals surface area (Å²) in [7, 11) is 0. The van der Waals surface area contributed by atoms with Crippen LogP contribution in [0.15, 0.2) is 59.8 Å². The first-order valence-electron chi connectivity index (χ1n) is 11.1. The van der Waals surface area contributed by atoms with Gasteiger partial charge < -0.3 is 24.3 Å². The van der Waals surface area contributed by atoms with E-state index in [1.54, 1.807) is 0 Å². The fraction of sp³-hybridized carbons (Fsp3) is 0.375. The number of carbonyl (C=O) groups excluding carboxylic acids is 1. The molecule has 0 spiro atoms. The number of amides is 1. The second kappa shape index (κ2) is 11.2. The van der Waals surface area contributed by atoms with Crippen LogP contribution >= 0.6 is 11.8 Å². The van der Waals surface area contributed by atoms with Crippen LogP contribution in [0.4, 0.5) is 11.4 Å². The van der Waals surface area contributed by atoms with Crippen molar-refractivity contribution in [2.45, 2.75) is 31.7 Å². The highest BCUT2D eigenvalue weighted by Gasteiger charge is 2.19. The van der Waals surface area contributed by atoms with Gasteiger partial charge in [0.15, 0.2) is 17.1 Å². The van der Waals surface area contributed by atoms with Gasteiger partial charge in [-0.05, 0) is 50.2 Å². The molecule has 1 aromatic heterocycles. The number of aromatic nitrogens is 3. The van der Waals surface area contributed by atoms with Gasteiger partial charge in [0, 0.05) is 31.0 Å². The molecule has 9 heteroatoms. The Balaban J connectivity index is 1.31. The number of anilines is 2. The molecule has 1 aliphatic rings. The molecule has 0 saturated carbocycles. The Morgan fingerprint density at radius 3 is 2.55 bits per heavy atom. The first kappa shape index (κ1) is 23.1. The molecular formula is C24H29N5O3S. The molecule has 1 amide bonds. The van der Waals surface area contributed by atoms with Gasteiger partial charge in [-0.1, -0.05) is 30.0 Å². The van der Waals surface area contributed by atoms with Gasteiger partial charge in [-0.15, -0.1) is 10.2 Å². The Kier molecular flexibility index (Phi) is 7.85. The third kappa shape index (κ3) is 6.06. The zero-order chi connectivity index (χ0) is 23.0. The van der Waals surface area contributed by atoms with Gasteiger partial charge in [0.2, 0.25) is 5.91 Å². The average molecular weight is 468 g/mol. The number of nitrogens with zero attached hydrogens (tertiary/aromatic N) is 4. The first-order chi connectivity index (χ1) is 16.1. The maximum Gasteiger partial charge on any atom is 0.234 e. The van der Waals surface area contributed by atoms with Crippen LogP contribution in [0.2, 0.25) is 0 Å². The first-order valence-corrected chi connectivity index (χ1v) is 12.1. The number of para-hydroxylation sites is 1. The normalized spacial score (nSPS) is 14.7. The summed E-state index contributed by atoms with van der Waals surface area (Å²) in [6.45, 7) is 7.94. The largest absolute Gasteiger partial charge is 0.483 e. The van der Waals surface area contributed by atoms with Crippen molar-refractivity contribution >= 4 is 29.0 Å². The lowest BCUT2D eigenvalue weighted by atomic mass is 10.2. The van der Waals surface area contributed by atoms with Crippen molar-refractivity contribution in [2.75, 3.05) is 42.3 Å². The monoisotopic (exact) mass is 467 g/mol. The predicted molar refractivity (Wildman–Crippen MR) is 130 cm³/mol. The highest BCUT2D eigenvalue weighted by molar-refractivity contribution is 7.99. The van der Waals surface area contributed by atoms with Crippen LogP contribution in [0, 0.1) is 0 Å². The molecule has 0 radical (unpaired) electrons. The molecule has 33 heavy (non-hydrogen) atoms. The van der Waals surface area contributed by atoms with Gasteiger partial charge in [-0.25, -0.2) is 0 Å². The molecule has 1 unspecified atom stereocenters. The average Bonchev–Trinajstić information content (AvgIpc) is 3.27. The third-order valence-electron chi connectivity index (χ3n) is 5.34. The van der Waals surface area contributed by atoms with Gasteiger partial charge in [-0.3, -0.25) is 4.79 Å². The number of hydrogen-bond donors (Lipinski definition) is 1. The van der Waals surface area contributed by atoms with Gasteiger partial charge >= 0.3 is 0 Å². The SMILES string of the molecule is CCn1c(SCC(=O)Nc2ccc(N3CCOCC3)cc2)nnc1C(C)Oc1ccccc1. The van der Waals surface area contributed by atoms with Crippen molar-refractivity contribution in [3.63, 3.8) is 0 Å². The van der Waals surface area contributed by atoms with Gasteiger partial charge in [0.25, 0.3) is 0 Å². The van der Waals surface area contributed by atoms with E-state index in [0.29, 0.717) is 11.7 Å². The van der Waals surface area contributed by atoms with Gasteiger partial charge in [0.05, 0.1) is 19.0 Å². The van der Waals surface area contributed by atoms with E-state index in [-0.39, 0.29) is 17.8 Å². The number of rotatable bonds is 9.